The smallest absolute Gasteiger partial charge is 0.234 e. The van der Waals surface area contributed by atoms with Gasteiger partial charge in [-0.2, -0.15) is 0 Å². The van der Waals surface area contributed by atoms with Gasteiger partial charge in [-0.05, 0) is 38.1 Å². The molecule has 6 nitrogen and oxygen atoms in total. The Hall–Kier alpha value is -2.80. The van der Waals surface area contributed by atoms with E-state index in [0.717, 1.165) is 11.3 Å². The van der Waals surface area contributed by atoms with E-state index in [0.29, 0.717) is 23.1 Å². The van der Waals surface area contributed by atoms with E-state index in [1.165, 1.54) is 11.8 Å². The first-order valence-corrected chi connectivity index (χ1v) is 9.28. The Morgan fingerprint density at radius 2 is 1.88 bits per heavy atom. The number of anilines is 1. The van der Waals surface area contributed by atoms with Crippen molar-refractivity contribution < 1.29 is 9.90 Å². The van der Waals surface area contributed by atoms with E-state index in [2.05, 4.69) is 15.5 Å². The third-order valence-electron chi connectivity index (χ3n) is 3.85. The van der Waals surface area contributed by atoms with Crippen LogP contribution in [0.4, 0.5) is 5.69 Å². The maximum Gasteiger partial charge on any atom is 0.234 e. The quantitative estimate of drug-likeness (QED) is 0.648. The minimum atomic E-state index is -0.103. The zero-order chi connectivity index (χ0) is 18.5. The van der Waals surface area contributed by atoms with E-state index < -0.39 is 0 Å². The molecule has 1 amide bonds. The third kappa shape index (κ3) is 4.05. The standard InChI is InChI=1S/C19H20N4O2S/c1-3-23-18(15-6-4-5-7-16(15)24)21-22-19(23)26-12-17(25)20-14-10-8-13(2)9-11-14/h4-11,24H,3,12H2,1-2H3,(H,20,25). The zero-order valence-corrected chi connectivity index (χ0v) is 15.5. The first-order chi connectivity index (χ1) is 12.6. The highest BCUT2D eigenvalue weighted by molar-refractivity contribution is 7.99. The van der Waals surface area contributed by atoms with E-state index in [9.17, 15) is 9.90 Å². The van der Waals surface area contributed by atoms with Crippen LogP contribution in [0.1, 0.15) is 12.5 Å². The summed E-state index contributed by atoms with van der Waals surface area (Å²) in [6, 6.07) is 14.7. The van der Waals surface area contributed by atoms with Gasteiger partial charge < -0.3 is 15.0 Å². The van der Waals surface area contributed by atoms with Crippen molar-refractivity contribution in [1.29, 1.82) is 0 Å². The number of hydrogen-bond donors (Lipinski definition) is 2. The molecule has 1 aromatic heterocycles. The first-order valence-electron chi connectivity index (χ1n) is 8.29. The molecule has 0 aliphatic heterocycles. The summed E-state index contributed by atoms with van der Waals surface area (Å²) in [5.74, 6) is 0.871. The Morgan fingerprint density at radius 3 is 2.58 bits per heavy atom. The minimum absolute atomic E-state index is 0.103. The van der Waals surface area contributed by atoms with Crippen LogP contribution < -0.4 is 5.32 Å². The van der Waals surface area contributed by atoms with Gasteiger partial charge in [0.1, 0.15) is 5.75 Å². The highest BCUT2D eigenvalue weighted by atomic mass is 32.2. The number of thioether (sulfide) groups is 1. The molecule has 0 radical (unpaired) electrons. The number of aromatic nitrogens is 3. The molecule has 3 rings (SSSR count). The van der Waals surface area contributed by atoms with Crippen LogP contribution in [0.25, 0.3) is 11.4 Å². The second kappa shape index (κ2) is 8.05. The van der Waals surface area contributed by atoms with Crippen LogP contribution in [0.15, 0.2) is 53.7 Å². The van der Waals surface area contributed by atoms with Crippen molar-refractivity contribution in [2.24, 2.45) is 0 Å². The molecule has 0 aliphatic carbocycles. The van der Waals surface area contributed by atoms with Gasteiger partial charge in [-0.1, -0.05) is 41.6 Å². The van der Waals surface area contributed by atoms with Gasteiger partial charge in [0.15, 0.2) is 11.0 Å². The summed E-state index contributed by atoms with van der Waals surface area (Å²) in [6.45, 7) is 4.61. The van der Waals surface area contributed by atoms with E-state index >= 15 is 0 Å². The van der Waals surface area contributed by atoms with E-state index in [1.54, 1.807) is 18.2 Å². The number of para-hydroxylation sites is 1. The molecule has 0 spiro atoms. The van der Waals surface area contributed by atoms with Gasteiger partial charge in [0.2, 0.25) is 5.91 Å². The average molecular weight is 368 g/mol. The molecule has 134 valence electrons. The summed E-state index contributed by atoms with van der Waals surface area (Å²) in [4.78, 5) is 12.2. The molecular formula is C19H20N4O2S. The summed E-state index contributed by atoms with van der Waals surface area (Å²) in [6.07, 6.45) is 0. The number of carbonyl (C=O) groups is 1. The molecule has 0 fully saturated rings. The first kappa shape index (κ1) is 18.0. The molecule has 7 heteroatoms. The van der Waals surface area contributed by atoms with Gasteiger partial charge in [0, 0.05) is 12.2 Å². The molecule has 2 aromatic carbocycles. The summed E-state index contributed by atoms with van der Waals surface area (Å²) >= 11 is 1.32. The Labute approximate surface area is 156 Å². The van der Waals surface area contributed by atoms with Crippen molar-refractivity contribution in [3.05, 3.63) is 54.1 Å². The predicted octanol–water partition coefficient (Wildman–Crippen LogP) is 3.71. The highest BCUT2D eigenvalue weighted by Gasteiger charge is 2.16. The largest absolute Gasteiger partial charge is 0.507 e. The lowest BCUT2D eigenvalue weighted by atomic mass is 10.2. The second-order valence-electron chi connectivity index (χ2n) is 5.77. The van der Waals surface area contributed by atoms with Gasteiger partial charge in [-0.15, -0.1) is 10.2 Å². The van der Waals surface area contributed by atoms with Gasteiger partial charge in [0.05, 0.1) is 11.3 Å². The van der Waals surface area contributed by atoms with Crippen molar-refractivity contribution >= 4 is 23.4 Å². The summed E-state index contributed by atoms with van der Waals surface area (Å²) in [5.41, 5.74) is 2.54. The topological polar surface area (TPSA) is 80.0 Å². The maximum atomic E-state index is 12.2. The average Bonchev–Trinajstić information content (AvgIpc) is 3.05. The normalized spacial score (nSPS) is 10.7. The van der Waals surface area contributed by atoms with Gasteiger partial charge >= 0.3 is 0 Å². The predicted molar refractivity (Wildman–Crippen MR) is 103 cm³/mol. The number of nitrogens with one attached hydrogen (secondary N) is 1. The molecule has 0 bridgehead atoms. The number of aryl methyl sites for hydroxylation is 1. The summed E-state index contributed by atoms with van der Waals surface area (Å²) in [5, 5.41) is 21.9. The van der Waals surface area contributed by atoms with Crippen LogP contribution in [0, 0.1) is 6.92 Å². The fourth-order valence-corrected chi connectivity index (χ4v) is 3.31. The number of rotatable bonds is 6. The molecule has 0 aliphatic rings. The fraction of sp³-hybridized carbons (Fsp3) is 0.211. The Morgan fingerprint density at radius 1 is 1.15 bits per heavy atom. The van der Waals surface area contributed by atoms with Crippen LogP contribution in [0.5, 0.6) is 5.75 Å². The van der Waals surface area contributed by atoms with E-state index in [-0.39, 0.29) is 17.4 Å². The number of nitrogens with zero attached hydrogens (tertiary/aromatic N) is 3. The lowest BCUT2D eigenvalue weighted by Gasteiger charge is -2.09. The Bertz CT molecular complexity index is 906. The van der Waals surface area contributed by atoms with Gasteiger partial charge in [-0.25, -0.2) is 0 Å². The number of phenols is 1. The number of phenolic OH excluding ortho intramolecular Hbond substituents is 1. The maximum absolute atomic E-state index is 12.2. The van der Waals surface area contributed by atoms with Crippen molar-refractivity contribution in [2.75, 3.05) is 11.1 Å². The molecule has 0 unspecified atom stereocenters. The Balaban J connectivity index is 1.69. The third-order valence-corrected chi connectivity index (χ3v) is 4.81. The van der Waals surface area contributed by atoms with Crippen LogP contribution in [0.3, 0.4) is 0 Å². The SMILES string of the molecule is CCn1c(SCC(=O)Nc2ccc(C)cc2)nnc1-c1ccccc1O. The second-order valence-corrected chi connectivity index (χ2v) is 6.71. The monoisotopic (exact) mass is 368 g/mol. The lowest BCUT2D eigenvalue weighted by molar-refractivity contribution is -0.113. The summed E-state index contributed by atoms with van der Waals surface area (Å²) in [7, 11) is 0. The molecular weight excluding hydrogens is 348 g/mol. The van der Waals surface area contributed by atoms with Crippen molar-refractivity contribution in [1.82, 2.24) is 14.8 Å². The number of amides is 1. The van der Waals surface area contributed by atoms with Crippen molar-refractivity contribution in [3.8, 4) is 17.1 Å². The van der Waals surface area contributed by atoms with Gasteiger partial charge in [-0.3, -0.25) is 4.79 Å². The van der Waals surface area contributed by atoms with E-state index in [4.69, 9.17) is 0 Å². The number of hydrogen-bond acceptors (Lipinski definition) is 5. The number of aromatic hydroxyl groups is 1. The van der Waals surface area contributed by atoms with Crippen LogP contribution >= 0.6 is 11.8 Å². The van der Waals surface area contributed by atoms with Crippen LogP contribution in [-0.2, 0) is 11.3 Å². The zero-order valence-electron chi connectivity index (χ0n) is 14.6. The molecule has 0 atom stereocenters. The number of carbonyl (C=O) groups excluding carboxylic acids is 1. The minimum Gasteiger partial charge on any atom is -0.507 e. The molecule has 3 aromatic rings. The summed E-state index contributed by atoms with van der Waals surface area (Å²) < 4.78 is 1.89. The highest BCUT2D eigenvalue weighted by Crippen LogP contribution is 2.30. The van der Waals surface area contributed by atoms with Crippen LogP contribution in [0.2, 0.25) is 0 Å². The molecule has 2 N–H and O–H groups in total. The lowest BCUT2D eigenvalue weighted by Crippen LogP contribution is -2.14. The van der Waals surface area contributed by atoms with Crippen molar-refractivity contribution in [2.45, 2.75) is 25.5 Å². The van der Waals surface area contributed by atoms with Gasteiger partial charge in [0.25, 0.3) is 0 Å². The number of benzene rings is 2. The molecule has 0 saturated carbocycles. The van der Waals surface area contributed by atoms with E-state index in [1.807, 2.05) is 48.7 Å². The molecule has 1 heterocycles. The Kier molecular flexibility index (Phi) is 5.58. The fourth-order valence-electron chi connectivity index (χ4n) is 2.51. The van der Waals surface area contributed by atoms with Crippen LogP contribution in [-0.4, -0.2) is 31.5 Å². The van der Waals surface area contributed by atoms with Crippen molar-refractivity contribution in [3.63, 3.8) is 0 Å². The molecule has 26 heavy (non-hydrogen) atoms. The molecule has 0 saturated heterocycles.